The van der Waals surface area contributed by atoms with Crippen LogP contribution >= 0.6 is 0 Å². The molecule has 5 aromatic rings. The molecule has 1 aliphatic carbocycles. The number of halogens is 1. The zero-order valence-corrected chi connectivity index (χ0v) is 36.5. The molecule has 0 amide bonds. The van der Waals surface area contributed by atoms with Gasteiger partial charge >= 0.3 is 9.05 Å². The van der Waals surface area contributed by atoms with E-state index in [0.29, 0.717) is 11.3 Å². The van der Waals surface area contributed by atoms with E-state index in [1.54, 1.807) is 12.1 Å². The number of fused-ring (bicyclic) bond motifs is 8. The molecule has 58 heavy (non-hydrogen) atoms. The molecular formula is C49H54FNO6Si. The Labute approximate surface area is 343 Å². The summed E-state index contributed by atoms with van der Waals surface area (Å²) in [5, 5.41) is 11.8. The van der Waals surface area contributed by atoms with Crippen molar-refractivity contribution in [2.75, 3.05) is 13.2 Å². The normalized spacial score (nSPS) is 17.3. The fourth-order valence-electron chi connectivity index (χ4n) is 8.08. The molecule has 0 saturated carbocycles. The van der Waals surface area contributed by atoms with Gasteiger partial charge in [-0.15, -0.1) is 0 Å². The maximum absolute atomic E-state index is 14.4. The number of nitriles is 1. The highest BCUT2D eigenvalue weighted by atomic mass is 28.4. The van der Waals surface area contributed by atoms with Crippen LogP contribution in [0, 0.1) is 17.1 Å². The lowest BCUT2D eigenvalue weighted by atomic mass is 9.76. The second kappa shape index (κ2) is 14.8. The monoisotopic (exact) mass is 799 g/mol. The molecular weight excluding hydrogens is 746 g/mol. The average molecular weight is 800 g/mol. The van der Waals surface area contributed by atoms with E-state index in [1.165, 1.54) is 12.1 Å². The fourth-order valence-corrected chi connectivity index (χ4v) is 11.0. The molecule has 1 unspecified atom stereocenters. The molecule has 9 heteroatoms. The van der Waals surface area contributed by atoms with Crippen molar-refractivity contribution in [2.45, 2.75) is 104 Å². The maximum atomic E-state index is 14.4. The Morgan fingerprint density at radius 3 is 1.86 bits per heavy atom. The first-order chi connectivity index (χ1) is 27.1. The summed E-state index contributed by atoms with van der Waals surface area (Å²) in [5.74, 6) is 1.06. The highest BCUT2D eigenvalue weighted by Gasteiger charge is 2.54. The van der Waals surface area contributed by atoms with Crippen molar-refractivity contribution in [3.05, 3.63) is 136 Å². The number of benzene rings is 5. The lowest BCUT2D eigenvalue weighted by molar-refractivity contribution is -0.135. The van der Waals surface area contributed by atoms with Crippen molar-refractivity contribution in [1.82, 2.24) is 0 Å². The summed E-state index contributed by atoms with van der Waals surface area (Å²) in [7, 11) is -3.65. The number of nitrogens with zero attached hydrogens (tertiary/aromatic N) is 1. The fraction of sp³-hybridized carbons (Fsp3) is 0.367. The molecule has 302 valence electrons. The molecule has 0 fully saturated rings. The van der Waals surface area contributed by atoms with Gasteiger partial charge in [0.05, 0.1) is 35.0 Å². The van der Waals surface area contributed by atoms with Gasteiger partial charge in [-0.25, -0.2) is 4.39 Å². The lowest BCUT2D eigenvalue weighted by Crippen LogP contribution is -2.59. The highest BCUT2D eigenvalue weighted by Crippen LogP contribution is 2.58. The zero-order valence-electron chi connectivity index (χ0n) is 35.5. The van der Waals surface area contributed by atoms with E-state index >= 15 is 0 Å². The van der Waals surface area contributed by atoms with E-state index < -0.39 is 36.9 Å². The van der Waals surface area contributed by atoms with Gasteiger partial charge in [-0.2, -0.15) is 5.26 Å². The average Bonchev–Trinajstić information content (AvgIpc) is 3.37. The topological polar surface area (TPSA) is 79.2 Å². The standard InChI is InChI=1S/C49H54FNO6Si/c1-45(2,3)55-58(56-46(4,5)6,57-47(7,8)9)53-29-28-52-36-23-19-34(20-24-36)49(33-17-21-35(50)22-18-33)27-26-40-43-42(37-14-12-13-15-38(37)44(40)54-49)39-25-16-32(31-51)30-41(39)48(43,10)11/h12-27,30H,28-29H2,1-11H3. The molecule has 0 saturated heterocycles. The minimum atomic E-state index is -3.65. The van der Waals surface area contributed by atoms with Gasteiger partial charge in [-0.1, -0.05) is 74.5 Å². The first-order valence-corrected chi connectivity index (χ1v) is 21.5. The van der Waals surface area contributed by atoms with Crippen LogP contribution in [0.25, 0.3) is 28.0 Å². The third-order valence-corrected chi connectivity index (χ3v) is 13.3. The van der Waals surface area contributed by atoms with Crippen LogP contribution in [0.2, 0.25) is 0 Å². The first kappa shape index (κ1) is 41.3. The van der Waals surface area contributed by atoms with E-state index in [2.05, 4.69) is 50.3 Å². The number of hydrogen-bond donors (Lipinski definition) is 0. The Bertz CT molecular complexity index is 2370. The van der Waals surface area contributed by atoms with Gasteiger partial charge < -0.3 is 27.2 Å². The second-order valence-corrected chi connectivity index (χ2v) is 20.5. The molecule has 0 radical (unpaired) electrons. The van der Waals surface area contributed by atoms with E-state index in [1.807, 2.05) is 111 Å². The largest absolute Gasteiger partial charge is 0.681 e. The van der Waals surface area contributed by atoms with Crippen molar-refractivity contribution < 1.29 is 31.6 Å². The Kier molecular flexibility index (Phi) is 10.5. The molecule has 1 heterocycles. The van der Waals surface area contributed by atoms with Crippen LogP contribution in [0.1, 0.15) is 110 Å². The molecule has 1 aliphatic heterocycles. The van der Waals surface area contributed by atoms with Crippen molar-refractivity contribution in [3.63, 3.8) is 0 Å². The van der Waals surface area contributed by atoms with Gasteiger partial charge in [-0.05, 0) is 132 Å². The zero-order chi connectivity index (χ0) is 41.9. The molecule has 5 aromatic carbocycles. The summed E-state index contributed by atoms with van der Waals surface area (Å²) in [6.45, 7) is 22.4. The Hall–Kier alpha value is -4.82. The van der Waals surface area contributed by atoms with Crippen molar-refractivity contribution in [1.29, 1.82) is 5.26 Å². The SMILES string of the molecule is CC(C)(C)O[Si](OCCOc1ccc(C2(c3ccc(F)cc3)C=Cc3c4c(c5ccccc5c3O2)-c2ccc(C#N)cc2C4(C)C)cc1)(OC(C)(C)C)OC(C)(C)C. The number of rotatable bonds is 10. The summed E-state index contributed by atoms with van der Waals surface area (Å²) in [4.78, 5) is 0. The minimum Gasteiger partial charge on any atom is -0.491 e. The van der Waals surface area contributed by atoms with E-state index in [9.17, 15) is 9.65 Å². The van der Waals surface area contributed by atoms with Crippen LogP contribution in [0.15, 0.2) is 97.1 Å². The molecule has 7 nitrogen and oxygen atoms in total. The first-order valence-electron chi connectivity index (χ1n) is 19.9. The van der Waals surface area contributed by atoms with Crippen molar-refractivity contribution >= 4 is 25.9 Å². The van der Waals surface area contributed by atoms with Gasteiger partial charge in [0.25, 0.3) is 0 Å². The molecule has 0 aromatic heterocycles. The predicted octanol–water partition coefficient (Wildman–Crippen LogP) is 11.8. The third kappa shape index (κ3) is 8.09. The number of hydrogen-bond acceptors (Lipinski definition) is 7. The van der Waals surface area contributed by atoms with Crippen LogP contribution in [0.3, 0.4) is 0 Å². The summed E-state index contributed by atoms with van der Waals surface area (Å²) in [6, 6.07) is 30.9. The summed E-state index contributed by atoms with van der Waals surface area (Å²) >= 11 is 0. The van der Waals surface area contributed by atoms with Crippen LogP contribution in [0.5, 0.6) is 11.5 Å². The third-order valence-electron chi connectivity index (χ3n) is 10.1. The minimum absolute atomic E-state index is 0.174. The smallest absolute Gasteiger partial charge is 0.491 e. The quantitative estimate of drug-likeness (QED) is 0.103. The molecule has 1 atom stereocenters. The molecule has 7 rings (SSSR count). The van der Waals surface area contributed by atoms with Gasteiger partial charge in [0, 0.05) is 27.5 Å². The van der Waals surface area contributed by atoms with E-state index in [4.69, 9.17) is 27.2 Å². The summed E-state index contributed by atoms with van der Waals surface area (Å²) in [6.07, 6.45) is 4.23. The molecule has 2 aliphatic rings. The summed E-state index contributed by atoms with van der Waals surface area (Å²) < 4.78 is 53.8. The number of ether oxygens (including phenoxy) is 2. The van der Waals surface area contributed by atoms with Crippen LogP contribution in [-0.2, 0) is 28.7 Å². The highest BCUT2D eigenvalue weighted by molar-refractivity contribution is 6.54. The van der Waals surface area contributed by atoms with Crippen LogP contribution in [-0.4, -0.2) is 39.1 Å². The van der Waals surface area contributed by atoms with Gasteiger partial charge in [0.2, 0.25) is 0 Å². The van der Waals surface area contributed by atoms with Crippen molar-refractivity contribution in [2.24, 2.45) is 0 Å². The van der Waals surface area contributed by atoms with Gasteiger partial charge in [-0.3, -0.25) is 0 Å². The van der Waals surface area contributed by atoms with Crippen LogP contribution in [0.4, 0.5) is 4.39 Å². The lowest BCUT2D eigenvalue weighted by Gasteiger charge is -2.41. The Morgan fingerprint density at radius 2 is 1.29 bits per heavy atom. The second-order valence-electron chi connectivity index (χ2n) is 18.6. The molecule has 0 spiro atoms. The predicted molar refractivity (Wildman–Crippen MR) is 229 cm³/mol. The Morgan fingerprint density at radius 1 is 0.724 bits per heavy atom. The van der Waals surface area contributed by atoms with Crippen LogP contribution < -0.4 is 9.47 Å². The Balaban J connectivity index is 1.22. The van der Waals surface area contributed by atoms with Gasteiger partial charge in [0.1, 0.15) is 23.9 Å². The van der Waals surface area contributed by atoms with E-state index in [-0.39, 0.29) is 19.0 Å². The van der Waals surface area contributed by atoms with Crippen molar-refractivity contribution in [3.8, 4) is 28.7 Å². The summed E-state index contributed by atoms with van der Waals surface area (Å²) in [5.41, 5.74) is 4.57. The maximum Gasteiger partial charge on any atom is 0.681 e. The molecule has 0 bridgehead atoms. The van der Waals surface area contributed by atoms with E-state index in [0.717, 1.165) is 55.5 Å². The molecule has 0 N–H and O–H groups in total. The van der Waals surface area contributed by atoms with Gasteiger partial charge in [0.15, 0.2) is 5.60 Å².